The van der Waals surface area contributed by atoms with E-state index >= 15 is 4.39 Å². The maximum atomic E-state index is 15.1. The van der Waals surface area contributed by atoms with Crippen molar-refractivity contribution in [2.75, 3.05) is 36.4 Å². The van der Waals surface area contributed by atoms with E-state index < -0.39 is 5.82 Å². The molecular formula is C26H26FN9O2. The van der Waals surface area contributed by atoms with Crippen molar-refractivity contribution in [3.8, 4) is 22.9 Å². The van der Waals surface area contributed by atoms with Gasteiger partial charge in [-0.15, -0.1) is 0 Å². The number of aromatic nitrogens is 6. The number of nitrogens with zero attached hydrogens (tertiary/aromatic N) is 8. The number of piperazine rings is 1. The molecular weight excluding hydrogens is 489 g/mol. The van der Waals surface area contributed by atoms with E-state index in [4.69, 9.17) is 9.72 Å². The molecule has 0 bridgehead atoms. The number of amides is 1. The Balaban J connectivity index is 1.45. The van der Waals surface area contributed by atoms with E-state index in [0.29, 0.717) is 54.8 Å². The Kier molecular flexibility index (Phi) is 6.94. The summed E-state index contributed by atoms with van der Waals surface area (Å²) in [6.45, 7) is 7.49. The van der Waals surface area contributed by atoms with Crippen LogP contribution in [0.25, 0.3) is 11.1 Å². The van der Waals surface area contributed by atoms with E-state index in [1.165, 1.54) is 18.2 Å². The van der Waals surface area contributed by atoms with Crippen LogP contribution in [0, 0.1) is 12.7 Å². The maximum Gasteiger partial charge on any atom is 0.322 e. The molecule has 1 amide bonds. The second kappa shape index (κ2) is 10.6. The molecule has 1 saturated heterocycles. The highest BCUT2D eigenvalue weighted by Crippen LogP contribution is 2.34. The van der Waals surface area contributed by atoms with Crippen LogP contribution < -0.4 is 15.0 Å². The van der Waals surface area contributed by atoms with Crippen LogP contribution in [0.15, 0.2) is 61.7 Å². The first-order chi connectivity index (χ1) is 18.4. The smallest absolute Gasteiger partial charge is 0.322 e. The van der Waals surface area contributed by atoms with Gasteiger partial charge in [-0.3, -0.25) is 9.48 Å². The van der Waals surface area contributed by atoms with Gasteiger partial charge in [0.15, 0.2) is 11.6 Å². The van der Waals surface area contributed by atoms with Gasteiger partial charge in [0, 0.05) is 63.1 Å². The van der Waals surface area contributed by atoms with Crippen molar-refractivity contribution in [3.63, 3.8) is 0 Å². The van der Waals surface area contributed by atoms with Crippen LogP contribution in [-0.4, -0.2) is 66.7 Å². The van der Waals surface area contributed by atoms with E-state index in [9.17, 15) is 4.79 Å². The molecule has 0 unspecified atom stereocenters. The summed E-state index contributed by atoms with van der Waals surface area (Å²) in [5.41, 5.74) is 2.66. The number of halogens is 1. The summed E-state index contributed by atoms with van der Waals surface area (Å²) in [5, 5.41) is 7.31. The summed E-state index contributed by atoms with van der Waals surface area (Å²) in [7, 11) is 1.82. The maximum absolute atomic E-state index is 15.1. The van der Waals surface area contributed by atoms with Crippen molar-refractivity contribution in [2.45, 2.75) is 6.92 Å². The molecule has 1 aromatic carbocycles. The molecule has 0 saturated carbocycles. The molecule has 4 heterocycles. The SMILES string of the molecule is C=CC(=O)N1CCN(c2nc(Nc3cnn(C)c3)ncc2-c2ccc(Oc3nccc(C)n3)c(F)c2)CC1. The highest BCUT2D eigenvalue weighted by atomic mass is 19.1. The number of anilines is 3. The first-order valence-corrected chi connectivity index (χ1v) is 12.0. The van der Waals surface area contributed by atoms with E-state index in [-0.39, 0.29) is 17.7 Å². The fourth-order valence-electron chi connectivity index (χ4n) is 4.08. The molecule has 1 N–H and O–H groups in total. The van der Waals surface area contributed by atoms with E-state index in [1.54, 1.807) is 47.2 Å². The summed E-state index contributed by atoms with van der Waals surface area (Å²) in [6.07, 6.45) is 8.00. The molecule has 1 fully saturated rings. The molecule has 0 atom stereocenters. The van der Waals surface area contributed by atoms with Crippen LogP contribution in [-0.2, 0) is 11.8 Å². The highest BCUT2D eigenvalue weighted by Gasteiger charge is 2.24. The summed E-state index contributed by atoms with van der Waals surface area (Å²) in [6, 6.07) is 6.44. The van der Waals surface area contributed by atoms with Crippen molar-refractivity contribution >= 4 is 23.4 Å². The van der Waals surface area contributed by atoms with Gasteiger partial charge in [0.05, 0.1) is 11.9 Å². The number of nitrogens with one attached hydrogen (secondary N) is 1. The molecule has 0 aliphatic carbocycles. The first-order valence-electron chi connectivity index (χ1n) is 12.0. The second-order valence-electron chi connectivity index (χ2n) is 8.70. The van der Waals surface area contributed by atoms with Gasteiger partial charge in [0.1, 0.15) is 5.82 Å². The lowest BCUT2D eigenvalue weighted by Crippen LogP contribution is -2.48. The molecule has 11 nitrogen and oxygen atoms in total. The van der Waals surface area contributed by atoms with Gasteiger partial charge in [0.2, 0.25) is 11.9 Å². The van der Waals surface area contributed by atoms with Gasteiger partial charge in [-0.25, -0.2) is 19.3 Å². The number of hydrogen-bond acceptors (Lipinski definition) is 9. The van der Waals surface area contributed by atoms with Crippen molar-refractivity contribution in [1.82, 2.24) is 34.6 Å². The molecule has 0 spiro atoms. The minimum Gasteiger partial charge on any atom is -0.421 e. The van der Waals surface area contributed by atoms with Crippen LogP contribution in [0.2, 0.25) is 0 Å². The number of carbonyl (C=O) groups excluding carboxylic acids is 1. The molecule has 38 heavy (non-hydrogen) atoms. The minimum absolute atomic E-state index is 0.00762. The second-order valence-corrected chi connectivity index (χ2v) is 8.70. The van der Waals surface area contributed by atoms with Gasteiger partial charge in [-0.1, -0.05) is 12.6 Å². The molecule has 194 valence electrons. The Morgan fingerprint density at radius 2 is 1.95 bits per heavy atom. The monoisotopic (exact) mass is 515 g/mol. The van der Waals surface area contributed by atoms with Crippen molar-refractivity contribution in [2.24, 2.45) is 7.05 Å². The molecule has 4 aromatic rings. The third-order valence-electron chi connectivity index (χ3n) is 6.01. The molecule has 12 heteroatoms. The van der Waals surface area contributed by atoms with E-state index in [1.807, 2.05) is 13.2 Å². The fraction of sp³-hybridized carbons (Fsp3) is 0.231. The Bertz CT molecular complexity index is 1480. The van der Waals surface area contributed by atoms with Crippen molar-refractivity contribution < 1.29 is 13.9 Å². The van der Waals surface area contributed by atoms with E-state index in [2.05, 4.69) is 36.8 Å². The Hall–Kier alpha value is -4.87. The van der Waals surface area contributed by atoms with Gasteiger partial charge in [0.25, 0.3) is 0 Å². The van der Waals surface area contributed by atoms with Crippen LogP contribution in [0.1, 0.15) is 5.69 Å². The summed E-state index contributed by atoms with van der Waals surface area (Å²) in [4.78, 5) is 33.3. The van der Waals surface area contributed by atoms with Crippen LogP contribution in [0.4, 0.5) is 21.8 Å². The van der Waals surface area contributed by atoms with Gasteiger partial charge >= 0.3 is 6.01 Å². The van der Waals surface area contributed by atoms with Crippen LogP contribution >= 0.6 is 0 Å². The lowest BCUT2D eigenvalue weighted by molar-refractivity contribution is -0.126. The third-order valence-corrected chi connectivity index (χ3v) is 6.01. The summed E-state index contributed by atoms with van der Waals surface area (Å²) < 4.78 is 22.4. The predicted octanol–water partition coefficient (Wildman–Crippen LogP) is 3.49. The molecule has 3 aromatic heterocycles. The normalized spacial score (nSPS) is 13.3. The quantitative estimate of drug-likeness (QED) is 0.370. The molecule has 0 radical (unpaired) electrons. The zero-order valence-electron chi connectivity index (χ0n) is 21.0. The Morgan fingerprint density at radius 1 is 1.13 bits per heavy atom. The third kappa shape index (κ3) is 5.43. The number of aryl methyl sites for hydroxylation is 2. The minimum atomic E-state index is -0.572. The average Bonchev–Trinajstić information content (AvgIpc) is 3.33. The zero-order chi connectivity index (χ0) is 26.6. The Labute approximate surface area is 218 Å². The zero-order valence-corrected chi connectivity index (χ0v) is 21.0. The lowest BCUT2D eigenvalue weighted by atomic mass is 10.1. The number of hydrogen-bond donors (Lipinski definition) is 1. The van der Waals surface area contributed by atoms with E-state index in [0.717, 1.165) is 5.69 Å². The van der Waals surface area contributed by atoms with Gasteiger partial charge in [-0.05, 0) is 36.8 Å². The largest absolute Gasteiger partial charge is 0.421 e. The van der Waals surface area contributed by atoms with Gasteiger partial charge in [-0.2, -0.15) is 10.1 Å². The van der Waals surface area contributed by atoms with Gasteiger partial charge < -0.3 is 19.9 Å². The number of benzene rings is 1. The predicted molar refractivity (Wildman–Crippen MR) is 140 cm³/mol. The molecule has 1 aliphatic rings. The standard InChI is InChI=1S/C26H26FN9O2/c1-4-23(37)35-9-11-36(12-10-35)24-20(15-29-25(33-24)32-19-14-30-34(3)16-19)18-5-6-22(21(27)13-18)38-26-28-8-7-17(2)31-26/h4-8,13-16H,1,9-12H2,2-3H3,(H,29,32,33). The molecule has 1 aliphatic heterocycles. The summed E-state index contributed by atoms with van der Waals surface area (Å²) >= 11 is 0. The van der Waals surface area contributed by atoms with Crippen LogP contribution in [0.3, 0.4) is 0 Å². The topological polar surface area (TPSA) is 114 Å². The Morgan fingerprint density at radius 3 is 2.63 bits per heavy atom. The number of rotatable bonds is 7. The van der Waals surface area contributed by atoms with Crippen molar-refractivity contribution in [3.05, 3.63) is 73.2 Å². The number of ether oxygens (including phenoxy) is 1. The summed E-state index contributed by atoms with van der Waals surface area (Å²) in [5.74, 6) is 0.318. The highest BCUT2D eigenvalue weighted by molar-refractivity contribution is 5.87. The first kappa shape index (κ1) is 24.8. The van der Waals surface area contributed by atoms with Crippen LogP contribution in [0.5, 0.6) is 11.8 Å². The average molecular weight is 516 g/mol. The number of carbonyl (C=O) groups is 1. The molecule has 5 rings (SSSR count). The van der Waals surface area contributed by atoms with Crippen molar-refractivity contribution in [1.29, 1.82) is 0 Å². The fourth-order valence-corrected chi connectivity index (χ4v) is 4.08. The lowest BCUT2D eigenvalue weighted by Gasteiger charge is -2.35.